The molecule has 1 aromatic heterocycles. The molecule has 3 aromatic carbocycles. The lowest BCUT2D eigenvalue weighted by atomic mass is 9.96. The van der Waals surface area contributed by atoms with Gasteiger partial charge in [-0.1, -0.05) is 35.9 Å². The Labute approximate surface area is 349 Å². The first-order valence-corrected chi connectivity index (χ1v) is 20.6. The maximum absolute atomic E-state index is 17.2. The second-order valence-electron chi connectivity index (χ2n) is 17.1. The lowest BCUT2D eigenvalue weighted by Gasteiger charge is -2.41. The maximum atomic E-state index is 17.2. The van der Waals surface area contributed by atoms with E-state index in [-0.39, 0.29) is 72.6 Å². The van der Waals surface area contributed by atoms with Crippen molar-refractivity contribution in [3.63, 3.8) is 0 Å². The third-order valence-electron chi connectivity index (χ3n) is 10.2. The second kappa shape index (κ2) is 18.5. The zero-order chi connectivity index (χ0) is 42.5. The second-order valence-corrected chi connectivity index (χ2v) is 17.5. The van der Waals surface area contributed by atoms with Gasteiger partial charge in [0.15, 0.2) is 5.82 Å². The zero-order valence-corrected chi connectivity index (χ0v) is 35.5. The lowest BCUT2D eigenvalue weighted by molar-refractivity contribution is -0.160. The molecule has 2 aliphatic heterocycles. The third kappa shape index (κ3) is 11.0. The average molecular weight is 833 g/mol. The molecule has 316 valence electrons. The van der Waals surface area contributed by atoms with Crippen LogP contribution in [-0.2, 0) is 19.0 Å². The van der Waals surface area contributed by atoms with Gasteiger partial charge in [-0.2, -0.15) is 15.2 Å². The Morgan fingerprint density at radius 2 is 1.75 bits per heavy atom. The number of aromatic hydroxyl groups is 1. The van der Waals surface area contributed by atoms with Gasteiger partial charge in [0.05, 0.1) is 23.6 Å². The van der Waals surface area contributed by atoms with Gasteiger partial charge in [-0.25, -0.2) is 14.0 Å². The van der Waals surface area contributed by atoms with E-state index in [2.05, 4.69) is 16.0 Å². The number of carbonyl (C=O) groups is 2. The molecule has 0 saturated carbocycles. The molecule has 0 spiro atoms. The number of nitriles is 1. The molecule has 3 heterocycles. The minimum Gasteiger partial charge on any atom is -0.508 e. The van der Waals surface area contributed by atoms with Gasteiger partial charge in [0.1, 0.15) is 41.5 Å². The van der Waals surface area contributed by atoms with Gasteiger partial charge in [0.25, 0.3) is 0 Å². The predicted octanol–water partition coefficient (Wildman–Crippen LogP) is 8.27. The number of carbonyl (C=O) groups excluding carboxylic acids is 2. The molecule has 2 atom stereocenters. The van der Waals surface area contributed by atoms with Crippen LogP contribution in [0.2, 0.25) is 5.02 Å². The van der Waals surface area contributed by atoms with Crippen molar-refractivity contribution in [2.75, 3.05) is 57.4 Å². The van der Waals surface area contributed by atoms with Crippen molar-refractivity contribution >= 4 is 51.2 Å². The quantitative estimate of drug-likeness (QED) is 0.102. The summed E-state index contributed by atoms with van der Waals surface area (Å²) in [7, 11) is 0. The van der Waals surface area contributed by atoms with Gasteiger partial charge in [0, 0.05) is 43.2 Å². The molecular weight excluding hydrogens is 779 g/mol. The first-order valence-electron chi connectivity index (χ1n) is 20.2. The number of aromatic nitrogens is 2. The number of likely N-dealkylation sites (tertiary alicyclic amines) is 1. The van der Waals surface area contributed by atoms with Crippen molar-refractivity contribution in [3.8, 4) is 29.0 Å². The topological polar surface area (TPSA) is 151 Å². The molecule has 2 aliphatic rings. The summed E-state index contributed by atoms with van der Waals surface area (Å²) in [6.45, 7) is 13.9. The number of anilines is 1. The zero-order valence-electron chi connectivity index (χ0n) is 34.7. The molecule has 2 fully saturated rings. The fourth-order valence-electron chi connectivity index (χ4n) is 7.70. The SMILES string of the molecule is CC(C)(C)OC(=O)COCCCCN1CCC[C@H]1COc1nc(N2CCN(C(=O)OC(C)(C)C)[C@@H](CC#N)C2)c2cc(Cl)c(-c3cc(O)cc4ccccc34)c(F)c2n1. The van der Waals surface area contributed by atoms with Crippen molar-refractivity contribution in [3.05, 3.63) is 53.3 Å². The number of halogens is 2. The first-order chi connectivity index (χ1) is 28.0. The van der Waals surface area contributed by atoms with E-state index in [9.17, 15) is 20.0 Å². The molecule has 1 N–H and O–H groups in total. The Kier molecular flexibility index (Phi) is 13.7. The van der Waals surface area contributed by atoms with E-state index in [1.807, 2.05) is 49.9 Å². The van der Waals surface area contributed by atoms with E-state index in [1.54, 1.807) is 37.8 Å². The first kappa shape index (κ1) is 43.6. The number of rotatable bonds is 13. The van der Waals surface area contributed by atoms with Crippen molar-refractivity contribution in [2.24, 2.45) is 0 Å². The summed E-state index contributed by atoms with van der Waals surface area (Å²) in [5.74, 6) is -0.762. The van der Waals surface area contributed by atoms with Gasteiger partial charge in [-0.15, -0.1) is 0 Å². The molecule has 0 unspecified atom stereocenters. The molecular formula is C44H54ClFN6O7. The van der Waals surface area contributed by atoms with E-state index in [4.69, 9.17) is 35.5 Å². The summed E-state index contributed by atoms with van der Waals surface area (Å²) in [6.07, 6.45) is 3.05. The molecule has 0 aliphatic carbocycles. The van der Waals surface area contributed by atoms with Crippen LogP contribution >= 0.6 is 11.6 Å². The van der Waals surface area contributed by atoms with Crippen molar-refractivity contribution in [1.29, 1.82) is 5.26 Å². The summed E-state index contributed by atoms with van der Waals surface area (Å²) in [6, 6.07) is 13.8. The summed E-state index contributed by atoms with van der Waals surface area (Å²) in [5.41, 5.74) is -0.807. The van der Waals surface area contributed by atoms with Crippen LogP contribution in [-0.4, -0.2) is 113 Å². The summed E-state index contributed by atoms with van der Waals surface area (Å²) < 4.78 is 40.0. The Balaban J connectivity index is 1.27. The van der Waals surface area contributed by atoms with Crippen LogP contribution in [0.1, 0.15) is 73.6 Å². The molecule has 2 saturated heterocycles. The fourth-order valence-corrected chi connectivity index (χ4v) is 7.99. The van der Waals surface area contributed by atoms with Crippen LogP contribution in [0.15, 0.2) is 42.5 Å². The molecule has 0 bridgehead atoms. The highest BCUT2D eigenvalue weighted by Crippen LogP contribution is 2.43. The fraction of sp³-hybridized carbons (Fsp3) is 0.523. The number of amides is 1. The highest BCUT2D eigenvalue weighted by molar-refractivity contribution is 6.35. The number of nitrogens with zero attached hydrogens (tertiary/aromatic N) is 6. The summed E-state index contributed by atoms with van der Waals surface area (Å²) >= 11 is 6.95. The Morgan fingerprint density at radius 1 is 0.983 bits per heavy atom. The molecule has 13 nitrogen and oxygen atoms in total. The minimum absolute atomic E-state index is 0.0158. The smallest absolute Gasteiger partial charge is 0.410 e. The van der Waals surface area contributed by atoms with Gasteiger partial charge in [0.2, 0.25) is 0 Å². The lowest BCUT2D eigenvalue weighted by Crippen LogP contribution is -2.56. The van der Waals surface area contributed by atoms with E-state index in [1.165, 1.54) is 6.07 Å². The summed E-state index contributed by atoms with van der Waals surface area (Å²) in [5, 5.41) is 22.3. The highest BCUT2D eigenvalue weighted by Gasteiger charge is 2.35. The number of benzene rings is 3. The minimum atomic E-state index is -0.722. The van der Waals surface area contributed by atoms with Crippen LogP contribution in [0.5, 0.6) is 11.8 Å². The van der Waals surface area contributed by atoms with Crippen LogP contribution in [0, 0.1) is 17.1 Å². The number of hydrogen-bond donors (Lipinski definition) is 1. The predicted molar refractivity (Wildman–Crippen MR) is 224 cm³/mol. The number of phenols is 1. The summed E-state index contributed by atoms with van der Waals surface area (Å²) in [4.78, 5) is 40.5. The Bertz CT molecular complexity index is 2200. The van der Waals surface area contributed by atoms with Crippen LogP contribution in [0.25, 0.3) is 32.8 Å². The van der Waals surface area contributed by atoms with E-state index < -0.39 is 29.2 Å². The number of unbranched alkanes of at least 4 members (excludes halogenated alkanes) is 1. The van der Waals surface area contributed by atoms with Crippen LogP contribution in [0.3, 0.4) is 0 Å². The number of fused-ring (bicyclic) bond motifs is 2. The number of ether oxygens (including phenoxy) is 4. The number of piperazine rings is 1. The molecule has 59 heavy (non-hydrogen) atoms. The van der Waals surface area contributed by atoms with Crippen molar-refractivity contribution < 1.29 is 38.0 Å². The third-order valence-corrected chi connectivity index (χ3v) is 10.5. The van der Waals surface area contributed by atoms with Crippen LogP contribution < -0.4 is 9.64 Å². The van der Waals surface area contributed by atoms with E-state index in [0.717, 1.165) is 38.8 Å². The molecule has 6 rings (SSSR count). The molecule has 15 heteroatoms. The number of phenolic OH excluding ortho intramolecular Hbond substituents is 1. The molecule has 0 radical (unpaired) electrons. The highest BCUT2D eigenvalue weighted by atomic mass is 35.5. The van der Waals surface area contributed by atoms with Crippen LogP contribution in [0.4, 0.5) is 15.0 Å². The molecule has 1 amide bonds. The van der Waals surface area contributed by atoms with Gasteiger partial charge >= 0.3 is 18.1 Å². The number of hydrogen-bond acceptors (Lipinski definition) is 12. The monoisotopic (exact) mass is 832 g/mol. The molecule has 4 aromatic rings. The number of esters is 1. The standard InChI is InChI=1S/C44H54ClFN6O7/c1-43(2,3)58-36(54)27-56-21-10-9-17-50-18-11-13-30(50)26-57-41-48-39-34(24-35(45)37(38(39)46)33-23-31(53)22-28-12-7-8-14-32(28)33)40(49-41)51-19-20-52(29(25-51)15-16-47)42(55)59-44(4,5)6/h7-8,12,14,22-24,29-30,53H,9-11,13,15,17-21,25-27H2,1-6H3/t29-,30-/m0/s1. The van der Waals surface area contributed by atoms with Gasteiger partial charge in [-0.3, -0.25) is 4.90 Å². The van der Waals surface area contributed by atoms with E-state index in [0.29, 0.717) is 40.7 Å². The average Bonchev–Trinajstić information content (AvgIpc) is 3.61. The normalized spacial score (nSPS) is 17.7. The maximum Gasteiger partial charge on any atom is 0.410 e. The Hall–Kier alpha value is -4.97. The van der Waals surface area contributed by atoms with Gasteiger partial charge in [-0.05, 0) is 115 Å². The van der Waals surface area contributed by atoms with Crippen molar-refractivity contribution in [2.45, 2.75) is 96.9 Å². The largest absolute Gasteiger partial charge is 0.508 e. The van der Waals surface area contributed by atoms with Crippen molar-refractivity contribution in [1.82, 2.24) is 19.8 Å². The van der Waals surface area contributed by atoms with E-state index >= 15 is 4.39 Å². The Morgan fingerprint density at radius 3 is 2.49 bits per heavy atom. The van der Waals surface area contributed by atoms with Gasteiger partial charge < -0.3 is 33.9 Å².